The molecule has 0 atom stereocenters. The van der Waals surface area contributed by atoms with E-state index >= 15 is 0 Å². The monoisotopic (exact) mass is 268 g/mol. The molecule has 0 unspecified atom stereocenters. The highest BCUT2D eigenvalue weighted by Gasteiger charge is 1.96. The largest absolute Gasteiger partial charge is 0.162 e. The third-order valence-corrected chi connectivity index (χ3v) is 6.70. The molecule has 0 aliphatic carbocycles. The van der Waals surface area contributed by atoms with E-state index in [2.05, 4.69) is 47.0 Å². The topological polar surface area (TPSA) is 0 Å². The lowest BCUT2D eigenvalue weighted by Gasteiger charge is -2.05. The molecule has 0 spiro atoms. The van der Waals surface area contributed by atoms with Gasteiger partial charge >= 0.3 is 0 Å². The Morgan fingerprint density at radius 1 is 0.429 bits per heavy atom. The second-order valence-corrected chi connectivity index (χ2v) is 8.25. The van der Waals surface area contributed by atoms with E-state index < -0.39 is 0 Å². The molecule has 0 nitrogen and oxygen atoms in total. The van der Waals surface area contributed by atoms with Gasteiger partial charge in [-0.1, -0.05) is 0 Å². The van der Waals surface area contributed by atoms with Crippen LogP contribution in [0.2, 0.25) is 0 Å². The zero-order valence-corrected chi connectivity index (χ0v) is 12.0. The van der Waals surface area contributed by atoms with Gasteiger partial charge in [0, 0.05) is 5.08 Å². The van der Waals surface area contributed by atoms with E-state index in [1.165, 1.54) is 58.9 Å². The smallest absolute Gasteiger partial charge is 0.0392 e. The first kappa shape index (κ1) is 13.5. The Morgan fingerprint density at radius 3 is 1.21 bits per heavy atom. The second-order valence-electron chi connectivity index (χ2n) is 3.22. The van der Waals surface area contributed by atoms with Crippen molar-refractivity contribution in [2.24, 2.45) is 0 Å². The summed E-state index contributed by atoms with van der Waals surface area (Å²) in [5.41, 5.74) is 0. The fraction of sp³-hybridized carbons (Fsp3) is 1.00. The predicted molar refractivity (Wildman–Crippen MR) is 78.3 cm³/mol. The minimum atomic E-state index is 1.31. The minimum absolute atomic E-state index is 1.31. The molecule has 1 rings (SSSR count). The normalized spacial score (nSPS) is 24.0. The van der Waals surface area contributed by atoms with Gasteiger partial charge in [-0.25, -0.2) is 0 Å². The fourth-order valence-corrected chi connectivity index (χ4v) is 5.63. The van der Waals surface area contributed by atoms with Crippen molar-refractivity contribution in [3.05, 3.63) is 0 Å². The van der Waals surface area contributed by atoms with Crippen LogP contribution < -0.4 is 0 Å². The van der Waals surface area contributed by atoms with Gasteiger partial charge in [0.15, 0.2) is 0 Å². The summed E-state index contributed by atoms with van der Waals surface area (Å²) in [5, 5.41) is 1.31. The summed E-state index contributed by atoms with van der Waals surface area (Å²) in [6.07, 6.45) is 4.22. The van der Waals surface area contributed by atoms with Crippen LogP contribution in [0.5, 0.6) is 0 Å². The van der Waals surface area contributed by atoms with Crippen LogP contribution in [0.3, 0.4) is 0 Å². The standard InChI is InChI=1S/C10H20S4/c1-4-11-6-2-8-13-10-14-9-3-7-12-5-1/h1-10H2. The molecule has 0 aromatic carbocycles. The molecule has 1 saturated heterocycles. The first-order valence-electron chi connectivity index (χ1n) is 5.31. The summed E-state index contributed by atoms with van der Waals surface area (Å²) in [6, 6.07) is 0. The van der Waals surface area contributed by atoms with Crippen molar-refractivity contribution in [3.8, 4) is 0 Å². The van der Waals surface area contributed by atoms with Crippen molar-refractivity contribution in [2.45, 2.75) is 19.3 Å². The number of rotatable bonds is 0. The van der Waals surface area contributed by atoms with Gasteiger partial charge in [-0.15, -0.1) is 0 Å². The molecular weight excluding hydrogens is 248 g/mol. The molecule has 4 heteroatoms. The predicted octanol–water partition coefficient (Wildman–Crippen LogP) is 4.06. The Balaban J connectivity index is 2.00. The molecule has 1 fully saturated rings. The van der Waals surface area contributed by atoms with E-state index in [1.54, 1.807) is 0 Å². The van der Waals surface area contributed by atoms with E-state index in [0.717, 1.165) is 0 Å². The van der Waals surface area contributed by atoms with Crippen molar-refractivity contribution in [1.82, 2.24) is 0 Å². The summed E-state index contributed by atoms with van der Waals surface area (Å²) in [4.78, 5) is 0. The van der Waals surface area contributed by atoms with Crippen LogP contribution in [0.25, 0.3) is 0 Å². The van der Waals surface area contributed by atoms with Gasteiger partial charge in [0.2, 0.25) is 0 Å². The number of hydrogen-bond acceptors (Lipinski definition) is 4. The third kappa shape index (κ3) is 8.69. The molecule has 1 heterocycles. The van der Waals surface area contributed by atoms with Crippen LogP contribution in [0.1, 0.15) is 19.3 Å². The summed E-state index contributed by atoms with van der Waals surface area (Å²) < 4.78 is 0. The lowest BCUT2D eigenvalue weighted by molar-refractivity contribution is 1.08. The molecule has 0 radical (unpaired) electrons. The zero-order chi connectivity index (χ0) is 9.90. The Bertz CT molecular complexity index is 65.4. The van der Waals surface area contributed by atoms with E-state index in [0.29, 0.717) is 0 Å². The van der Waals surface area contributed by atoms with Crippen LogP contribution in [0.4, 0.5) is 0 Å². The molecule has 1 aliphatic rings. The fourth-order valence-electron chi connectivity index (χ4n) is 1.17. The van der Waals surface area contributed by atoms with Gasteiger partial charge in [-0.3, -0.25) is 0 Å². The lowest BCUT2D eigenvalue weighted by atomic mass is 10.6. The Labute approximate surface area is 106 Å². The second kappa shape index (κ2) is 10.9. The molecule has 0 aromatic heterocycles. The molecule has 1 aliphatic heterocycles. The summed E-state index contributed by atoms with van der Waals surface area (Å²) >= 11 is 8.54. The Hall–Kier alpha value is 1.40. The van der Waals surface area contributed by atoms with E-state index in [9.17, 15) is 0 Å². The highest BCUT2D eigenvalue weighted by atomic mass is 32.2. The average molecular weight is 269 g/mol. The van der Waals surface area contributed by atoms with Crippen LogP contribution in [0.15, 0.2) is 0 Å². The van der Waals surface area contributed by atoms with Crippen LogP contribution in [-0.2, 0) is 0 Å². The summed E-state index contributed by atoms with van der Waals surface area (Å²) in [7, 11) is 0. The zero-order valence-electron chi connectivity index (χ0n) is 8.70. The molecule has 14 heavy (non-hydrogen) atoms. The number of hydrogen-bond donors (Lipinski definition) is 0. The maximum absolute atomic E-state index is 2.15. The van der Waals surface area contributed by atoms with Crippen LogP contribution in [0, 0.1) is 0 Å². The van der Waals surface area contributed by atoms with Crippen molar-refractivity contribution in [2.75, 3.05) is 39.6 Å². The van der Waals surface area contributed by atoms with Crippen molar-refractivity contribution < 1.29 is 0 Å². The molecule has 0 saturated carbocycles. The van der Waals surface area contributed by atoms with E-state index in [4.69, 9.17) is 0 Å². The van der Waals surface area contributed by atoms with E-state index in [1.807, 2.05) is 0 Å². The Kier molecular flexibility index (Phi) is 10.5. The van der Waals surface area contributed by atoms with E-state index in [-0.39, 0.29) is 0 Å². The maximum atomic E-state index is 2.15. The van der Waals surface area contributed by atoms with Crippen molar-refractivity contribution in [1.29, 1.82) is 0 Å². The highest BCUT2D eigenvalue weighted by Crippen LogP contribution is 2.18. The minimum Gasteiger partial charge on any atom is -0.162 e. The van der Waals surface area contributed by atoms with Gasteiger partial charge in [0.1, 0.15) is 0 Å². The molecular formula is C10H20S4. The summed E-state index contributed by atoms with van der Waals surface area (Å²) in [6.45, 7) is 0. The quantitative estimate of drug-likeness (QED) is 0.649. The molecule has 0 N–H and O–H groups in total. The lowest BCUT2D eigenvalue weighted by Crippen LogP contribution is -1.92. The molecule has 0 bridgehead atoms. The SMILES string of the molecule is C1CSCCCSCSCCCSC1. The van der Waals surface area contributed by atoms with Gasteiger partial charge in [0.05, 0.1) is 0 Å². The van der Waals surface area contributed by atoms with Crippen LogP contribution >= 0.6 is 47.0 Å². The molecule has 0 amide bonds. The first-order valence-corrected chi connectivity index (χ1v) is 9.93. The van der Waals surface area contributed by atoms with Crippen molar-refractivity contribution in [3.63, 3.8) is 0 Å². The van der Waals surface area contributed by atoms with Gasteiger partial charge in [-0.2, -0.15) is 47.0 Å². The van der Waals surface area contributed by atoms with Gasteiger partial charge < -0.3 is 0 Å². The third-order valence-electron chi connectivity index (χ3n) is 1.90. The van der Waals surface area contributed by atoms with Crippen LogP contribution in [-0.4, -0.2) is 39.6 Å². The molecule has 84 valence electrons. The first-order chi connectivity index (χ1) is 7.00. The van der Waals surface area contributed by atoms with Gasteiger partial charge in [0.25, 0.3) is 0 Å². The summed E-state index contributed by atoms with van der Waals surface area (Å²) in [5.74, 6) is 8.26. The Morgan fingerprint density at radius 2 is 0.786 bits per heavy atom. The molecule has 0 aromatic rings. The average Bonchev–Trinajstić information content (AvgIpc) is 2.22. The van der Waals surface area contributed by atoms with Crippen molar-refractivity contribution >= 4 is 47.0 Å². The highest BCUT2D eigenvalue weighted by molar-refractivity contribution is 8.16. The number of thioether (sulfide) groups is 4. The maximum Gasteiger partial charge on any atom is 0.0392 e. The van der Waals surface area contributed by atoms with Gasteiger partial charge in [-0.05, 0) is 53.8 Å².